The summed E-state index contributed by atoms with van der Waals surface area (Å²) in [4.78, 5) is 44.8. The monoisotopic (exact) mass is 568 g/mol. The number of aromatic amines is 1. The lowest BCUT2D eigenvalue weighted by Crippen LogP contribution is -2.46. The summed E-state index contributed by atoms with van der Waals surface area (Å²) < 4.78 is 0. The van der Waals surface area contributed by atoms with Gasteiger partial charge in [-0.2, -0.15) is 0 Å². The summed E-state index contributed by atoms with van der Waals surface area (Å²) in [6.45, 7) is 2.79. The molecule has 11 nitrogen and oxygen atoms in total. The number of primary amides is 1. The van der Waals surface area contributed by atoms with E-state index in [4.69, 9.17) is 17.2 Å². The van der Waals surface area contributed by atoms with Gasteiger partial charge in [0, 0.05) is 30.5 Å². The number of hydrogen-bond donors (Lipinski definition) is 7. The second-order valence-corrected chi connectivity index (χ2v) is 9.98. The fourth-order valence-electron chi connectivity index (χ4n) is 4.64. The van der Waals surface area contributed by atoms with Crippen LogP contribution in [0.3, 0.4) is 0 Å². The average Bonchev–Trinajstić information content (AvgIpc) is 3.32. The molecule has 10 N–H and O–H groups in total. The minimum absolute atomic E-state index is 0.0296. The molecule has 0 bridgehead atoms. The molecule has 1 atom stereocenters. The highest BCUT2D eigenvalue weighted by atomic mass is 16.2. The first-order valence-electron chi connectivity index (χ1n) is 13.6. The van der Waals surface area contributed by atoms with Gasteiger partial charge in [-0.15, -0.1) is 0 Å². The normalized spacial score (nSPS) is 11.5. The van der Waals surface area contributed by atoms with Gasteiger partial charge in [-0.3, -0.25) is 14.6 Å². The van der Waals surface area contributed by atoms with Crippen molar-refractivity contribution >= 4 is 34.7 Å². The van der Waals surface area contributed by atoms with E-state index < -0.39 is 12.1 Å². The predicted octanol–water partition coefficient (Wildman–Crippen LogP) is 2.78. The van der Waals surface area contributed by atoms with Gasteiger partial charge >= 0.3 is 6.03 Å². The lowest BCUT2D eigenvalue weighted by atomic mass is 10.0. The summed E-state index contributed by atoms with van der Waals surface area (Å²) in [6, 6.07) is 22.0. The zero-order valence-corrected chi connectivity index (χ0v) is 23.4. The van der Waals surface area contributed by atoms with E-state index in [1.165, 1.54) is 0 Å². The van der Waals surface area contributed by atoms with Gasteiger partial charge in [-0.1, -0.05) is 60.7 Å². The Hall–Kier alpha value is -5.32. The number of guanidine groups is 1. The molecule has 0 saturated heterocycles. The Labute approximate surface area is 243 Å². The fourth-order valence-corrected chi connectivity index (χ4v) is 4.64. The standard InChI is InChI=1S/C31H36N8O3/c1-19-24-16-23(22-6-3-2-4-7-22)13-14-25(24)38-27(19)29(41)39-26(8-5-15-35-30(32)33)28(40)36-17-20-9-11-21(12-10-20)18-37-31(34)42/h2-4,6-7,9-14,16,26,38H,5,8,15,17-18H2,1H3,(H,36,40)(H,39,41)(H4,32,33,35)(H3,34,37,42)/t26-/m1/s1. The van der Waals surface area contributed by atoms with Crippen LogP contribution >= 0.6 is 0 Å². The Morgan fingerprint density at radius 3 is 2.17 bits per heavy atom. The van der Waals surface area contributed by atoms with Crippen molar-refractivity contribution in [1.29, 1.82) is 0 Å². The number of H-pyrrole nitrogens is 1. The van der Waals surface area contributed by atoms with Gasteiger partial charge in [-0.05, 0) is 59.7 Å². The first-order chi connectivity index (χ1) is 20.2. The molecule has 0 spiro atoms. The highest BCUT2D eigenvalue weighted by Gasteiger charge is 2.23. The van der Waals surface area contributed by atoms with Crippen LogP contribution in [0.5, 0.6) is 0 Å². The number of aromatic nitrogens is 1. The number of urea groups is 1. The van der Waals surface area contributed by atoms with Crippen LogP contribution < -0.4 is 33.2 Å². The second kappa shape index (κ2) is 13.8. The number of carbonyl (C=O) groups excluding carboxylic acids is 3. The fraction of sp³-hybridized carbons (Fsp3) is 0.226. The third-order valence-electron chi connectivity index (χ3n) is 6.92. The minimum Gasteiger partial charge on any atom is -0.370 e. The number of nitrogens with two attached hydrogens (primary N) is 3. The van der Waals surface area contributed by atoms with E-state index in [1.807, 2.05) is 73.7 Å². The Kier molecular flexibility index (Phi) is 9.77. The van der Waals surface area contributed by atoms with Crippen molar-refractivity contribution < 1.29 is 14.4 Å². The van der Waals surface area contributed by atoms with Crippen LogP contribution in [-0.2, 0) is 17.9 Å². The Morgan fingerprint density at radius 2 is 1.52 bits per heavy atom. The lowest BCUT2D eigenvalue weighted by molar-refractivity contribution is -0.123. The first-order valence-corrected chi connectivity index (χ1v) is 13.6. The number of carbonyl (C=O) groups is 3. The predicted molar refractivity (Wildman–Crippen MR) is 164 cm³/mol. The number of nitrogens with one attached hydrogen (secondary N) is 4. The molecule has 0 aliphatic rings. The molecular formula is C31H36N8O3. The van der Waals surface area contributed by atoms with Gasteiger partial charge in [-0.25, -0.2) is 4.79 Å². The molecule has 0 aliphatic carbocycles. The minimum atomic E-state index is -0.809. The quantitative estimate of drug-likeness (QED) is 0.0783. The van der Waals surface area contributed by atoms with Crippen molar-refractivity contribution in [3.63, 3.8) is 0 Å². The van der Waals surface area contributed by atoms with Crippen molar-refractivity contribution in [2.24, 2.45) is 22.2 Å². The number of hydrogen-bond acceptors (Lipinski definition) is 4. The molecule has 0 fully saturated rings. The van der Waals surface area contributed by atoms with Crippen LogP contribution in [0.15, 0.2) is 77.8 Å². The molecule has 0 radical (unpaired) electrons. The highest BCUT2D eigenvalue weighted by molar-refractivity contribution is 6.03. The van der Waals surface area contributed by atoms with E-state index in [9.17, 15) is 14.4 Å². The van der Waals surface area contributed by atoms with Gasteiger partial charge < -0.3 is 38.1 Å². The van der Waals surface area contributed by atoms with E-state index in [1.54, 1.807) is 0 Å². The van der Waals surface area contributed by atoms with Crippen LogP contribution in [0.1, 0.15) is 40.0 Å². The van der Waals surface area contributed by atoms with Crippen molar-refractivity contribution in [3.8, 4) is 11.1 Å². The van der Waals surface area contributed by atoms with Crippen molar-refractivity contribution in [2.75, 3.05) is 6.54 Å². The smallest absolute Gasteiger partial charge is 0.312 e. The third-order valence-corrected chi connectivity index (χ3v) is 6.92. The van der Waals surface area contributed by atoms with Crippen LogP contribution in [0.4, 0.5) is 4.79 Å². The topological polar surface area (TPSA) is 194 Å². The molecule has 4 rings (SSSR count). The number of rotatable bonds is 12. The third kappa shape index (κ3) is 7.87. The van der Waals surface area contributed by atoms with Crippen LogP contribution in [0.25, 0.3) is 22.0 Å². The summed E-state index contributed by atoms with van der Waals surface area (Å²) >= 11 is 0. The summed E-state index contributed by atoms with van der Waals surface area (Å²) in [6.07, 6.45) is 0.827. The zero-order valence-electron chi connectivity index (χ0n) is 23.4. The van der Waals surface area contributed by atoms with Crippen molar-refractivity contribution in [1.82, 2.24) is 20.9 Å². The van der Waals surface area contributed by atoms with Crippen molar-refractivity contribution in [3.05, 3.63) is 95.2 Å². The molecule has 1 aromatic heterocycles. The number of fused-ring (bicyclic) bond motifs is 1. The molecule has 4 aromatic rings. The van der Waals surface area contributed by atoms with E-state index in [2.05, 4.69) is 32.0 Å². The molecular weight excluding hydrogens is 532 g/mol. The summed E-state index contributed by atoms with van der Waals surface area (Å²) in [5.41, 5.74) is 21.9. The molecule has 11 heteroatoms. The summed E-state index contributed by atoms with van der Waals surface area (Å²) in [5, 5.41) is 9.27. The average molecular weight is 569 g/mol. The molecule has 0 aliphatic heterocycles. The van der Waals surface area contributed by atoms with Gasteiger partial charge in [0.15, 0.2) is 5.96 Å². The summed E-state index contributed by atoms with van der Waals surface area (Å²) in [5.74, 6) is -0.732. The van der Waals surface area contributed by atoms with E-state index in [0.29, 0.717) is 31.6 Å². The Balaban J connectivity index is 1.46. The Morgan fingerprint density at radius 1 is 0.857 bits per heavy atom. The van der Waals surface area contributed by atoms with E-state index >= 15 is 0 Å². The van der Waals surface area contributed by atoms with Crippen LogP contribution in [-0.4, -0.2) is 41.4 Å². The number of amides is 4. The number of aliphatic imine (C=N–C) groups is 1. The molecule has 0 saturated carbocycles. The van der Waals surface area contributed by atoms with Crippen LogP contribution in [0, 0.1) is 6.92 Å². The molecule has 42 heavy (non-hydrogen) atoms. The highest BCUT2D eigenvalue weighted by Crippen LogP contribution is 2.28. The van der Waals surface area contributed by atoms with Gasteiger partial charge in [0.1, 0.15) is 11.7 Å². The molecule has 4 amide bonds. The number of nitrogens with zero attached hydrogens (tertiary/aromatic N) is 1. The number of aryl methyl sites for hydroxylation is 1. The Bertz CT molecular complexity index is 1580. The zero-order chi connectivity index (χ0) is 30.1. The van der Waals surface area contributed by atoms with Crippen molar-refractivity contribution in [2.45, 2.75) is 38.9 Å². The van der Waals surface area contributed by atoms with E-state index in [-0.39, 0.29) is 24.3 Å². The maximum absolute atomic E-state index is 13.4. The maximum atomic E-state index is 13.4. The molecule has 218 valence electrons. The lowest BCUT2D eigenvalue weighted by Gasteiger charge is -2.18. The van der Waals surface area contributed by atoms with Crippen LogP contribution in [0.2, 0.25) is 0 Å². The van der Waals surface area contributed by atoms with E-state index in [0.717, 1.165) is 38.7 Å². The first kappa shape index (κ1) is 29.7. The van der Waals surface area contributed by atoms with Gasteiger partial charge in [0.2, 0.25) is 5.91 Å². The molecule has 0 unspecified atom stereocenters. The maximum Gasteiger partial charge on any atom is 0.312 e. The second-order valence-electron chi connectivity index (χ2n) is 9.98. The largest absolute Gasteiger partial charge is 0.370 e. The SMILES string of the molecule is Cc1c(C(=O)N[C@H](CCCN=C(N)N)C(=O)NCc2ccc(CNC(N)=O)cc2)[nH]c2ccc(-c3ccccc3)cc12. The molecule has 3 aromatic carbocycles. The van der Waals surface area contributed by atoms with Gasteiger partial charge in [0.25, 0.3) is 5.91 Å². The van der Waals surface area contributed by atoms with Gasteiger partial charge in [0.05, 0.1) is 0 Å². The molecule has 1 heterocycles. The summed E-state index contributed by atoms with van der Waals surface area (Å²) in [7, 11) is 0. The number of benzene rings is 3.